The van der Waals surface area contributed by atoms with Gasteiger partial charge < -0.3 is 0 Å². The van der Waals surface area contributed by atoms with Crippen LogP contribution in [0.15, 0.2) is 36.0 Å². The van der Waals surface area contributed by atoms with Gasteiger partial charge in [-0.3, -0.25) is 0 Å². The second-order valence-electron chi connectivity index (χ2n) is 9.48. The summed E-state index contributed by atoms with van der Waals surface area (Å²) in [5.74, 6) is 0. The van der Waals surface area contributed by atoms with E-state index in [4.69, 9.17) is 0 Å². The Morgan fingerprint density at radius 2 is 1.09 bits per heavy atom. The summed E-state index contributed by atoms with van der Waals surface area (Å²) in [4.78, 5) is 0. The summed E-state index contributed by atoms with van der Waals surface area (Å²) >= 11 is 2.36. The standard InChI is InChI=1S/C17H33GeSi4/c1-19(2,3)22(20(4,5)6,21(7,8)9)15-17(18)16-13-11-10-12-14-16/h10-15H,1-9H3/b17-15+. The van der Waals surface area contributed by atoms with E-state index in [0.717, 1.165) is 0 Å². The van der Waals surface area contributed by atoms with Crippen molar-refractivity contribution < 1.29 is 0 Å². The fourth-order valence-corrected chi connectivity index (χ4v) is 104. The molecular formula is C17H33GeSi4. The van der Waals surface area contributed by atoms with Crippen molar-refractivity contribution in [1.29, 1.82) is 0 Å². The molecular weight excluding hydrogens is 389 g/mol. The van der Waals surface area contributed by atoms with Gasteiger partial charge in [0.1, 0.15) is 0 Å². The molecule has 0 amide bonds. The molecule has 0 aliphatic rings. The van der Waals surface area contributed by atoms with Crippen LogP contribution in [0.1, 0.15) is 5.56 Å². The molecule has 0 fully saturated rings. The van der Waals surface area contributed by atoms with E-state index in [0.29, 0.717) is 0 Å². The van der Waals surface area contributed by atoms with E-state index in [9.17, 15) is 0 Å². The molecule has 0 bridgehead atoms. The van der Waals surface area contributed by atoms with Crippen LogP contribution < -0.4 is 0 Å². The monoisotopic (exact) mass is 423 g/mol. The van der Waals surface area contributed by atoms with E-state index < -0.39 is 29.4 Å². The van der Waals surface area contributed by atoms with Gasteiger partial charge in [-0.1, -0.05) is 0 Å². The first kappa shape index (κ1) is 20.4. The third kappa shape index (κ3) is 3.88. The zero-order chi connectivity index (χ0) is 17.4. The van der Waals surface area contributed by atoms with E-state index in [1.165, 1.54) is 5.56 Å². The van der Waals surface area contributed by atoms with Crippen molar-refractivity contribution >= 4 is 50.3 Å². The molecule has 0 aliphatic carbocycles. The molecule has 0 heterocycles. The second kappa shape index (κ2) is 6.70. The molecule has 0 saturated carbocycles. The van der Waals surface area contributed by atoms with Crippen LogP contribution in [0.5, 0.6) is 0 Å². The summed E-state index contributed by atoms with van der Waals surface area (Å²) in [5.41, 5.74) is 4.31. The van der Waals surface area contributed by atoms with Crippen LogP contribution in [-0.4, -0.2) is 45.9 Å². The van der Waals surface area contributed by atoms with Crippen LogP contribution in [0.25, 0.3) is 4.41 Å². The summed E-state index contributed by atoms with van der Waals surface area (Å²) in [6, 6.07) is 11.0. The Kier molecular flexibility index (Phi) is 6.22. The van der Waals surface area contributed by atoms with Gasteiger partial charge in [-0.2, -0.15) is 0 Å². The summed E-state index contributed by atoms with van der Waals surface area (Å²) in [5, 5.41) is 0. The Labute approximate surface area is 150 Å². The van der Waals surface area contributed by atoms with Crippen LogP contribution in [0.3, 0.4) is 0 Å². The number of hydrogen-bond donors (Lipinski definition) is 0. The minimum absolute atomic E-state index is 1.22. The SMILES string of the molecule is C[Si](C)(C)[Si](/C=[C](/[Ge])c1ccccc1)([Si](C)(C)C)[Si](C)(C)C. The molecule has 1 aromatic carbocycles. The zero-order valence-electron chi connectivity index (χ0n) is 16.0. The van der Waals surface area contributed by atoms with E-state index >= 15 is 0 Å². The van der Waals surface area contributed by atoms with Gasteiger partial charge in [-0.15, -0.1) is 0 Å². The molecule has 0 saturated heterocycles. The van der Waals surface area contributed by atoms with E-state index in [-0.39, 0.29) is 0 Å². The summed E-state index contributed by atoms with van der Waals surface area (Å²) in [7, 11) is -3.65. The molecule has 1 rings (SSSR count). The predicted molar refractivity (Wildman–Crippen MR) is 116 cm³/mol. The molecule has 121 valence electrons. The topological polar surface area (TPSA) is 0 Å². The molecule has 5 heteroatoms. The van der Waals surface area contributed by atoms with Crippen LogP contribution in [0.4, 0.5) is 0 Å². The molecule has 22 heavy (non-hydrogen) atoms. The molecule has 1 aromatic rings. The Morgan fingerprint density at radius 3 is 1.41 bits per heavy atom. The summed E-state index contributed by atoms with van der Waals surface area (Å²) in [6.07, 6.45) is 0. The normalized spacial score (nSPS) is 15.1. The van der Waals surface area contributed by atoms with Crippen LogP contribution in [0, 0.1) is 0 Å². The van der Waals surface area contributed by atoms with Crippen molar-refractivity contribution in [3.8, 4) is 0 Å². The Hall–Kier alpha value is 0.370. The van der Waals surface area contributed by atoms with Gasteiger partial charge in [0.15, 0.2) is 0 Å². The van der Waals surface area contributed by atoms with Crippen LogP contribution >= 0.6 is 0 Å². The predicted octanol–water partition coefficient (Wildman–Crippen LogP) is 5.43. The van der Waals surface area contributed by atoms with E-state index in [1.54, 1.807) is 4.41 Å². The van der Waals surface area contributed by atoms with E-state index in [1.807, 2.05) is 0 Å². The molecule has 0 spiro atoms. The van der Waals surface area contributed by atoms with Gasteiger partial charge in [-0.25, -0.2) is 0 Å². The van der Waals surface area contributed by atoms with Gasteiger partial charge in [0.2, 0.25) is 0 Å². The first-order chi connectivity index (χ1) is 9.74. The molecule has 3 radical (unpaired) electrons. The quantitative estimate of drug-likeness (QED) is 0.555. The van der Waals surface area contributed by atoms with Gasteiger partial charge in [0.25, 0.3) is 0 Å². The molecule has 0 aliphatic heterocycles. The Balaban J connectivity index is 3.66. The third-order valence-electron chi connectivity index (χ3n) is 4.99. The van der Waals surface area contributed by atoms with Gasteiger partial charge >= 0.3 is 151 Å². The van der Waals surface area contributed by atoms with Crippen molar-refractivity contribution in [2.75, 3.05) is 0 Å². The number of benzene rings is 1. The van der Waals surface area contributed by atoms with Gasteiger partial charge in [-0.05, 0) is 0 Å². The fourth-order valence-electron chi connectivity index (χ4n) is 4.94. The van der Waals surface area contributed by atoms with Crippen molar-refractivity contribution in [2.24, 2.45) is 0 Å². The first-order valence-corrected chi connectivity index (χ1v) is 24.9. The van der Waals surface area contributed by atoms with Crippen molar-refractivity contribution in [2.45, 2.75) is 58.9 Å². The minimum atomic E-state index is -1.39. The third-order valence-corrected chi connectivity index (χ3v) is 77.4. The summed E-state index contributed by atoms with van der Waals surface area (Å²) < 4.78 is 1.54. The average Bonchev–Trinajstić information content (AvgIpc) is 2.32. The van der Waals surface area contributed by atoms with Crippen molar-refractivity contribution in [3.05, 3.63) is 41.6 Å². The molecule has 0 N–H and O–H groups in total. The van der Waals surface area contributed by atoms with Crippen LogP contribution in [0.2, 0.25) is 58.9 Å². The van der Waals surface area contributed by atoms with Gasteiger partial charge in [0, 0.05) is 0 Å². The zero-order valence-corrected chi connectivity index (χ0v) is 22.1. The maximum absolute atomic E-state index is 2.88. The second-order valence-corrected chi connectivity index (χ2v) is 51.1. The maximum atomic E-state index is 2.88. The van der Waals surface area contributed by atoms with E-state index in [2.05, 4.69) is 111 Å². The Morgan fingerprint density at radius 1 is 0.727 bits per heavy atom. The Bertz CT molecular complexity index is 494. The molecule has 0 nitrogen and oxygen atoms in total. The summed E-state index contributed by atoms with van der Waals surface area (Å²) in [6.45, 7) is 22.5. The first-order valence-electron chi connectivity index (χ1n) is 8.24. The number of hydrogen-bond acceptors (Lipinski definition) is 0. The molecule has 0 atom stereocenters. The van der Waals surface area contributed by atoms with Crippen molar-refractivity contribution in [1.82, 2.24) is 0 Å². The fraction of sp³-hybridized carbons (Fsp3) is 0.529. The number of rotatable bonds is 5. The van der Waals surface area contributed by atoms with Gasteiger partial charge in [0.05, 0.1) is 0 Å². The molecule has 0 unspecified atom stereocenters. The van der Waals surface area contributed by atoms with Crippen LogP contribution in [-0.2, 0) is 0 Å². The molecule has 0 aromatic heterocycles. The van der Waals surface area contributed by atoms with Crippen molar-refractivity contribution in [3.63, 3.8) is 0 Å². The average molecular weight is 422 g/mol.